The molecule has 0 amide bonds. The Balaban J connectivity index is 2.70. The molecule has 0 atom stereocenters. The predicted molar refractivity (Wildman–Crippen MR) is 45.0 cm³/mol. The van der Waals surface area contributed by atoms with Gasteiger partial charge in [0, 0.05) is 12.4 Å². The van der Waals surface area contributed by atoms with Gasteiger partial charge in [0.2, 0.25) is 0 Å². The van der Waals surface area contributed by atoms with E-state index in [4.69, 9.17) is 0 Å². The van der Waals surface area contributed by atoms with Crippen LogP contribution in [0.3, 0.4) is 0 Å². The molecule has 0 radical (unpaired) electrons. The van der Waals surface area contributed by atoms with Crippen LogP contribution in [0.5, 0.6) is 0 Å². The van der Waals surface area contributed by atoms with Gasteiger partial charge >= 0.3 is 0 Å². The fraction of sp³-hybridized carbons (Fsp3) is 0.111. The van der Waals surface area contributed by atoms with Crippen molar-refractivity contribution in [3.63, 3.8) is 0 Å². The zero-order valence-corrected chi connectivity index (χ0v) is 7.02. The molecular formula is C9H7N2O2-. The Hall–Kier alpha value is -1.84. The summed E-state index contributed by atoms with van der Waals surface area (Å²) in [7, 11) is 1.81. The van der Waals surface area contributed by atoms with Gasteiger partial charge in [-0.2, -0.15) is 5.10 Å². The summed E-state index contributed by atoms with van der Waals surface area (Å²) in [4.78, 5) is 10.5. The zero-order chi connectivity index (χ0) is 9.42. The largest absolute Gasteiger partial charge is 0.545 e. The molecule has 0 aliphatic rings. The van der Waals surface area contributed by atoms with Crippen LogP contribution in [-0.4, -0.2) is 15.7 Å². The minimum atomic E-state index is -1.16. The monoisotopic (exact) mass is 175 g/mol. The molecule has 4 heteroatoms. The van der Waals surface area contributed by atoms with Gasteiger partial charge in [0.05, 0.1) is 17.7 Å². The third-order valence-electron chi connectivity index (χ3n) is 1.98. The van der Waals surface area contributed by atoms with Crippen LogP contribution in [0.1, 0.15) is 10.4 Å². The second-order valence-corrected chi connectivity index (χ2v) is 2.83. The normalized spacial score (nSPS) is 10.5. The van der Waals surface area contributed by atoms with Crippen LogP contribution in [0, 0.1) is 0 Å². The molecule has 2 aromatic rings. The number of carboxylic acid groups (broad SMARTS) is 1. The molecule has 0 unspecified atom stereocenters. The number of aromatic carboxylic acids is 1. The first-order valence-electron chi connectivity index (χ1n) is 3.81. The van der Waals surface area contributed by atoms with Crippen molar-refractivity contribution in [3.05, 3.63) is 30.0 Å². The highest BCUT2D eigenvalue weighted by atomic mass is 16.4. The first kappa shape index (κ1) is 7.79. The lowest BCUT2D eigenvalue weighted by molar-refractivity contribution is -0.255. The number of carbonyl (C=O) groups excluding carboxylic acids is 1. The number of hydrogen-bond donors (Lipinski definition) is 0. The van der Waals surface area contributed by atoms with Crippen molar-refractivity contribution >= 4 is 16.9 Å². The lowest BCUT2D eigenvalue weighted by Crippen LogP contribution is -2.21. The van der Waals surface area contributed by atoms with E-state index in [2.05, 4.69) is 5.10 Å². The fourth-order valence-corrected chi connectivity index (χ4v) is 1.29. The second kappa shape index (κ2) is 2.58. The van der Waals surface area contributed by atoms with E-state index < -0.39 is 5.97 Å². The summed E-state index contributed by atoms with van der Waals surface area (Å²) in [5, 5.41) is 15.3. The summed E-state index contributed by atoms with van der Waals surface area (Å²) in [6.07, 6.45) is 1.63. The molecule has 66 valence electrons. The number of fused-ring (bicyclic) bond motifs is 1. The number of hydrogen-bond acceptors (Lipinski definition) is 3. The van der Waals surface area contributed by atoms with E-state index in [1.54, 1.807) is 30.1 Å². The molecule has 0 aliphatic heterocycles. The molecule has 4 nitrogen and oxygen atoms in total. The van der Waals surface area contributed by atoms with Gasteiger partial charge in [-0.25, -0.2) is 0 Å². The highest BCUT2D eigenvalue weighted by Gasteiger charge is 2.00. The van der Waals surface area contributed by atoms with E-state index in [0.717, 1.165) is 10.9 Å². The van der Waals surface area contributed by atoms with Gasteiger partial charge in [-0.15, -0.1) is 0 Å². The Kier molecular flexibility index (Phi) is 1.55. The fourth-order valence-electron chi connectivity index (χ4n) is 1.29. The van der Waals surface area contributed by atoms with E-state index >= 15 is 0 Å². The first-order chi connectivity index (χ1) is 6.18. The van der Waals surface area contributed by atoms with Gasteiger partial charge < -0.3 is 9.90 Å². The van der Waals surface area contributed by atoms with Gasteiger partial charge in [-0.1, -0.05) is 6.07 Å². The Morgan fingerprint density at radius 1 is 1.54 bits per heavy atom. The molecule has 0 saturated heterocycles. The van der Waals surface area contributed by atoms with Crippen LogP contribution in [0.15, 0.2) is 24.4 Å². The second-order valence-electron chi connectivity index (χ2n) is 2.83. The number of benzene rings is 1. The number of carboxylic acids is 1. The standard InChI is InChI=1S/C9H8N2O2/c1-11-8-3-2-6(9(12)13)4-7(8)5-10-11/h2-5H,1H3,(H,12,13)/p-1. The Morgan fingerprint density at radius 2 is 2.31 bits per heavy atom. The lowest BCUT2D eigenvalue weighted by Gasteiger charge is -2.01. The summed E-state index contributed by atoms with van der Waals surface area (Å²) >= 11 is 0. The number of rotatable bonds is 1. The molecule has 0 saturated carbocycles. The van der Waals surface area contributed by atoms with E-state index in [1.165, 1.54) is 6.07 Å². The summed E-state index contributed by atoms with van der Waals surface area (Å²) in [5.74, 6) is -1.16. The van der Waals surface area contributed by atoms with E-state index in [-0.39, 0.29) is 5.56 Å². The maximum absolute atomic E-state index is 10.5. The van der Waals surface area contributed by atoms with Crippen LogP contribution in [0.2, 0.25) is 0 Å². The SMILES string of the molecule is Cn1ncc2cc(C(=O)[O-])ccc21. The summed E-state index contributed by atoms with van der Waals surface area (Å²) in [5.41, 5.74) is 1.09. The van der Waals surface area contributed by atoms with Gasteiger partial charge in [0.15, 0.2) is 0 Å². The minimum absolute atomic E-state index is 0.181. The predicted octanol–water partition coefficient (Wildman–Crippen LogP) is -0.0632. The van der Waals surface area contributed by atoms with Crippen LogP contribution in [0.25, 0.3) is 10.9 Å². The minimum Gasteiger partial charge on any atom is -0.545 e. The van der Waals surface area contributed by atoms with Crippen molar-refractivity contribution in [2.45, 2.75) is 0 Å². The molecule has 0 N–H and O–H groups in total. The number of aryl methyl sites for hydroxylation is 1. The topological polar surface area (TPSA) is 58.0 Å². The number of carbonyl (C=O) groups is 1. The number of nitrogens with zero attached hydrogens (tertiary/aromatic N) is 2. The van der Waals surface area contributed by atoms with Crippen molar-refractivity contribution in [1.29, 1.82) is 0 Å². The Morgan fingerprint density at radius 3 is 3.00 bits per heavy atom. The smallest absolute Gasteiger partial charge is 0.0715 e. The average molecular weight is 175 g/mol. The van der Waals surface area contributed by atoms with Crippen molar-refractivity contribution in [3.8, 4) is 0 Å². The van der Waals surface area contributed by atoms with Crippen LogP contribution < -0.4 is 5.11 Å². The zero-order valence-electron chi connectivity index (χ0n) is 7.02. The molecular weight excluding hydrogens is 168 g/mol. The molecule has 2 rings (SSSR count). The van der Waals surface area contributed by atoms with Gasteiger partial charge in [0.1, 0.15) is 0 Å². The van der Waals surface area contributed by atoms with Crippen LogP contribution >= 0.6 is 0 Å². The molecule has 0 fully saturated rings. The van der Waals surface area contributed by atoms with Gasteiger partial charge in [-0.3, -0.25) is 4.68 Å². The lowest BCUT2D eigenvalue weighted by atomic mass is 10.2. The highest BCUT2D eigenvalue weighted by molar-refractivity contribution is 5.92. The molecule has 1 heterocycles. The average Bonchev–Trinajstić information content (AvgIpc) is 2.47. The third-order valence-corrected chi connectivity index (χ3v) is 1.98. The van der Waals surface area contributed by atoms with E-state index in [0.29, 0.717) is 0 Å². The summed E-state index contributed by atoms with van der Waals surface area (Å²) in [6, 6.07) is 4.78. The maximum atomic E-state index is 10.5. The van der Waals surface area contributed by atoms with Crippen molar-refractivity contribution in [2.24, 2.45) is 7.05 Å². The first-order valence-corrected chi connectivity index (χ1v) is 3.81. The quantitative estimate of drug-likeness (QED) is 0.610. The molecule has 0 aliphatic carbocycles. The van der Waals surface area contributed by atoms with Crippen molar-refractivity contribution < 1.29 is 9.90 Å². The molecule has 1 aromatic heterocycles. The Bertz CT molecular complexity index is 473. The third kappa shape index (κ3) is 1.16. The van der Waals surface area contributed by atoms with Gasteiger partial charge in [0.25, 0.3) is 0 Å². The van der Waals surface area contributed by atoms with Crippen molar-refractivity contribution in [1.82, 2.24) is 9.78 Å². The van der Waals surface area contributed by atoms with Gasteiger partial charge in [-0.05, 0) is 17.7 Å². The molecule has 0 bridgehead atoms. The van der Waals surface area contributed by atoms with E-state index in [1.807, 2.05) is 0 Å². The van der Waals surface area contributed by atoms with Crippen LogP contribution in [0.4, 0.5) is 0 Å². The molecule has 13 heavy (non-hydrogen) atoms. The van der Waals surface area contributed by atoms with E-state index in [9.17, 15) is 9.90 Å². The van der Waals surface area contributed by atoms with Crippen LogP contribution in [-0.2, 0) is 7.05 Å². The molecule has 0 spiro atoms. The number of aromatic nitrogens is 2. The summed E-state index contributed by atoms with van der Waals surface area (Å²) < 4.78 is 1.69. The Labute approximate surface area is 74.4 Å². The van der Waals surface area contributed by atoms with Crippen molar-refractivity contribution in [2.75, 3.05) is 0 Å². The summed E-state index contributed by atoms with van der Waals surface area (Å²) in [6.45, 7) is 0. The molecule has 1 aromatic carbocycles. The highest BCUT2D eigenvalue weighted by Crippen LogP contribution is 2.14. The maximum Gasteiger partial charge on any atom is 0.0715 e.